The zero-order valence-electron chi connectivity index (χ0n) is 10.7. The Bertz CT molecular complexity index is 494. The molecule has 6 heteroatoms. The lowest BCUT2D eigenvalue weighted by atomic mass is 9.99. The molecule has 0 radical (unpaired) electrons. The van der Waals surface area contributed by atoms with Crippen molar-refractivity contribution in [3.05, 3.63) is 33.3 Å². The van der Waals surface area contributed by atoms with E-state index in [1.807, 2.05) is 6.07 Å². The minimum absolute atomic E-state index is 0.108. The van der Waals surface area contributed by atoms with Gasteiger partial charge in [-0.25, -0.2) is 0 Å². The molecule has 1 aliphatic heterocycles. The van der Waals surface area contributed by atoms with E-state index in [1.54, 1.807) is 11.0 Å². The summed E-state index contributed by atoms with van der Waals surface area (Å²) in [7, 11) is 1.53. The summed E-state index contributed by atoms with van der Waals surface area (Å²) >= 11 is 12.1. The maximum absolute atomic E-state index is 12.1. The molecule has 0 aromatic heterocycles. The van der Waals surface area contributed by atoms with Gasteiger partial charge in [-0.05, 0) is 29.7 Å². The number of nitrogens with zero attached hydrogens (tertiary/aromatic N) is 1. The predicted octanol–water partition coefficient (Wildman–Crippen LogP) is 1.85. The van der Waals surface area contributed by atoms with E-state index in [0.717, 1.165) is 17.5 Å². The summed E-state index contributed by atoms with van der Waals surface area (Å²) in [6, 6.07) is 2.96. The fourth-order valence-electron chi connectivity index (χ4n) is 2.28. The fraction of sp³-hybridized carbons (Fsp3) is 0.462. The second-order valence-corrected chi connectivity index (χ2v) is 5.44. The molecule has 1 aliphatic rings. The van der Waals surface area contributed by atoms with E-state index in [1.165, 1.54) is 7.11 Å². The SMILES string of the molecule is COCC(N)C(=O)N1CCc2c(Cl)cc(Cl)cc2C1. The van der Waals surface area contributed by atoms with E-state index < -0.39 is 6.04 Å². The quantitative estimate of drug-likeness (QED) is 0.927. The summed E-state index contributed by atoms with van der Waals surface area (Å²) in [4.78, 5) is 13.8. The lowest BCUT2D eigenvalue weighted by Gasteiger charge is -2.31. The molecule has 1 heterocycles. The standard InChI is InChI=1S/C13H16Cl2N2O2/c1-19-7-12(16)13(18)17-3-2-10-8(6-17)4-9(14)5-11(10)15/h4-5,12H,2-3,6-7,16H2,1H3. The maximum Gasteiger partial charge on any atom is 0.242 e. The third-order valence-electron chi connectivity index (χ3n) is 3.22. The number of methoxy groups -OCH3 is 1. The molecule has 0 saturated carbocycles. The van der Waals surface area contributed by atoms with Gasteiger partial charge in [0.1, 0.15) is 6.04 Å². The number of benzene rings is 1. The van der Waals surface area contributed by atoms with Crippen molar-refractivity contribution in [3.63, 3.8) is 0 Å². The van der Waals surface area contributed by atoms with Gasteiger partial charge in [0.15, 0.2) is 0 Å². The highest BCUT2D eigenvalue weighted by molar-refractivity contribution is 6.35. The van der Waals surface area contributed by atoms with Crippen LogP contribution in [0.5, 0.6) is 0 Å². The van der Waals surface area contributed by atoms with Crippen molar-refractivity contribution in [2.24, 2.45) is 5.73 Å². The van der Waals surface area contributed by atoms with E-state index in [0.29, 0.717) is 23.1 Å². The molecule has 2 rings (SSSR count). The third-order valence-corrected chi connectivity index (χ3v) is 3.78. The number of amides is 1. The average molecular weight is 303 g/mol. The van der Waals surface area contributed by atoms with Crippen LogP contribution in [0.3, 0.4) is 0 Å². The molecule has 0 saturated heterocycles. The minimum atomic E-state index is -0.624. The van der Waals surface area contributed by atoms with Crippen molar-refractivity contribution in [2.45, 2.75) is 19.0 Å². The van der Waals surface area contributed by atoms with E-state index >= 15 is 0 Å². The van der Waals surface area contributed by atoms with Gasteiger partial charge in [0.25, 0.3) is 0 Å². The van der Waals surface area contributed by atoms with Crippen LogP contribution >= 0.6 is 23.2 Å². The van der Waals surface area contributed by atoms with Crippen LogP contribution in [0, 0.1) is 0 Å². The van der Waals surface area contributed by atoms with Crippen molar-refractivity contribution >= 4 is 29.1 Å². The summed E-state index contributed by atoms with van der Waals surface area (Å²) in [5, 5.41) is 1.25. The molecule has 0 spiro atoms. The Kier molecular flexibility index (Phi) is 4.68. The van der Waals surface area contributed by atoms with E-state index in [-0.39, 0.29) is 12.5 Å². The molecule has 1 amide bonds. The van der Waals surface area contributed by atoms with Gasteiger partial charge in [-0.15, -0.1) is 0 Å². The van der Waals surface area contributed by atoms with Crippen LogP contribution in [0.4, 0.5) is 0 Å². The lowest BCUT2D eigenvalue weighted by molar-refractivity contribution is -0.134. The number of nitrogens with two attached hydrogens (primary N) is 1. The zero-order chi connectivity index (χ0) is 14.0. The van der Waals surface area contributed by atoms with Crippen LogP contribution in [0.25, 0.3) is 0 Å². The third kappa shape index (κ3) is 3.20. The molecule has 19 heavy (non-hydrogen) atoms. The highest BCUT2D eigenvalue weighted by Crippen LogP contribution is 2.29. The number of halogens is 2. The number of hydrogen-bond donors (Lipinski definition) is 1. The smallest absolute Gasteiger partial charge is 0.242 e. The Hall–Kier alpha value is -0.810. The van der Waals surface area contributed by atoms with Gasteiger partial charge < -0.3 is 15.4 Å². The molecule has 1 atom stereocenters. The number of ether oxygens (including phenoxy) is 1. The summed E-state index contributed by atoms with van der Waals surface area (Å²) in [5.74, 6) is -0.108. The molecular weight excluding hydrogens is 287 g/mol. The normalized spacial score (nSPS) is 16.1. The van der Waals surface area contributed by atoms with Gasteiger partial charge in [-0.1, -0.05) is 23.2 Å². The van der Waals surface area contributed by atoms with Crippen LogP contribution in [0.15, 0.2) is 12.1 Å². The van der Waals surface area contributed by atoms with Gasteiger partial charge in [0.2, 0.25) is 5.91 Å². The highest BCUT2D eigenvalue weighted by atomic mass is 35.5. The summed E-state index contributed by atoms with van der Waals surface area (Å²) in [5.41, 5.74) is 7.82. The van der Waals surface area contributed by atoms with Crippen molar-refractivity contribution < 1.29 is 9.53 Å². The Morgan fingerprint density at radius 2 is 2.26 bits per heavy atom. The monoisotopic (exact) mass is 302 g/mol. The first-order valence-corrected chi connectivity index (χ1v) is 6.78. The molecule has 0 aliphatic carbocycles. The predicted molar refractivity (Wildman–Crippen MR) is 75.4 cm³/mol. The van der Waals surface area contributed by atoms with Crippen molar-refractivity contribution in [1.82, 2.24) is 4.90 Å². The first-order valence-electron chi connectivity index (χ1n) is 6.03. The van der Waals surface area contributed by atoms with Gasteiger partial charge >= 0.3 is 0 Å². The molecule has 0 fully saturated rings. The Labute approximate surface area is 122 Å². The zero-order valence-corrected chi connectivity index (χ0v) is 12.2. The van der Waals surface area contributed by atoms with Crippen LogP contribution in [0.2, 0.25) is 10.0 Å². The molecule has 2 N–H and O–H groups in total. The molecule has 104 valence electrons. The van der Waals surface area contributed by atoms with Gasteiger partial charge in [-0.3, -0.25) is 4.79 Å². The van der Waals surface area contributed by atoms with E-state index in [2.05, 4.69) is 0 Å². The highest BCUT2D eigenvalue weighted by Gasteiger charge is 2.26. The molecular formula is C13H16Cl2N2O2. The molecule has 1 unspecified atom stereocenters. The average Bonchev–Trinajstić information content (AvgIpc) is 2.37. The van der Waals surface area contributed by atoms with E-state index in [9.17, 15) is 4.79 Å². The van der Waals surface area contributed by atoms with Crippen LogP contribution in [0.1, 0.15) is 11.1 Å². The largest absolute Gasteiger partial charge is 0.383 e. The first-order chi connectivity index (χ1) is 9.02. The molecule has 1 aromatic carbocycles. The second kappa shape index (κ2) is 6.09. The Balaban J connectivity index is 2.16. The van der Waals surface area contributed by atoms with Crippen molar-refractivity contribution in [3.8, 4) is 0 Å². The number of rotatable bonds is 3. The van der Waals surface area contributed by atoms with Crippen LogP contribution in [-0.2, 0) is 22.5 Å². The first kappa shape index (κ1) is 14.6. The summed E-state index contributed by atoms with van der Waals surface area (Å²) in [6.07, 6.45) is 0.719. The number of hydrogen-bond acceptors (Lipinski definition) is 3. The van der Waals surface area contributed by atoms with Crippen LogP contribution < -0.4 is 5.73 Å². The minimum Gasteiger partial charge on any atom is -0.383 e. The van der Waals surface area contributed by atoms with Crippen molar-refractivity contribution in [2.75, 3.05) is 20.3 Å². The fourth-order valence-corrected chi connectivity index (χ4v) is 2.91. The number of carbonyl (C=O) groups excluding carboxylic acids is 1. The summed E-state index contributed by atoms with van der Waals surface area (Å²) in [6.45, 7) is 1.33. The number of carbonyl (C=O) groups is 1. The molecule has 1 aromatic rings. The number of fused-ring (bicyclic) bond motifs is 1. The lowest BCUT2D eigenvalue weighted by Crippen LogP contribution is -2.47. The molecule has 0 bridgehead atoms. The Morgan fingerprint density at radius 1 is 1.53 bits per heavy atom. The van der Waals surface area contributed by atoms with Gasteiger partial charge in [-0.2, -0.15) is 0 Å². The Morgan fingerprint density at radius 3 is 2.95 bits per heavy atom. The second-order valence-electron chi connectivity index (χ2n) is 4.60. The molecule has 4 nitrogen and oxygen atoms in total. The maximum atomic E-state index is 12.1. The topological polar surface area (TPSA) is 55.6 Å². The van der Waals surface area contributed by atoms with E-state index in [4.69, 9.17) is 33.7 Å². The van der Waals surface area contributed by atoms with Crippen LogP contribution in [-0.4, -0.2) is 37.1 Å². The van der Waals surface area contributed by atoms with Gasteiger partial charge in [0.05, 0.1) is 6.61 Å². The van der Waals surface area contributed by atoms with Gasteiger partial charge in [0, 0.05) is 30.2 Å². The summed E-state index contributed by atoms with van der Waals surface area (Å²) < 4.78 is 4.91. The van der Waals surface area contributed by atoms with Crippen molar-refractivity contribution in [1.29, 1.82) is 0 Å².